The molecule has 1 aromatic carbocycles. The molecule has 1 rings (SSSR count). The predicted molar refractivity (Wildman–Crippen MR) is 99.1 cm³/mol. The monoisotopic (exact) mass is 351 g/mol. The van der Waals surface area contributed by atoms with Crippen LogP contribution in [-0.2, 0) is 14.3 Å². The zero-order valence-electron chi connectivity index (χ0n) is 14.6. The Balaban J connectivity index is 2.34. The number of carbonyl (C=O) groups excluding carboxylic acids is 2. The quantitative estimate of drug-likeness (QED) is 0.396. The lowest BCUT2D eigenvalue weighted by molar-refractivity contribution is -0.140. The molecule has 0 aromatic heterocycles. The minimum absolute atomic E-state index is 0.0790. The van der Waals surface area contributed by atoms with Gasteiger partial charge in [-0.1, -0.05) is 17.7 Å². The normalized spacial score (nSPS) is 10.0. The minimum atomic E-state index is -0.251. The lowest BCUT2D eigenvalue weighted by Crippen LogP contribution is -2.40. The Morgan fingerprint density at radius 1 is 1.12 bits per heavy atom. The van der Waals surface area contributed by atoms with Gasteiger partial charge in [-0.15, -0.1) is 0 Å². The minimum Gasteiger partial charge on any atom is -0.469 e. The van der Waals surface area contributed by atoms with Gasteiger partial charge in [-0.25, -0.2) is 0 Å². The first-order valence-corrected chi connectivity index (χ1v) is 8.20. The summed E-state index contributed by atoms with van der Waals surface area (Å²) in [5.41, 5.74) is 4.07. The second kappa shape index (κ2) is 9.87. The van der Waals surface area contributed by atoms with Crippen LogP contribution in [0.1, 0.15) is 29.5 Å². The number of nitrogens with one attached hydrogen (secondary N) is 3. The Hall–Kier alpha value is -2.15. The molecule has 0 aliphatic rings. The van der Waals surface area contributed by atoms with E-state index in [-0.39, 0.29) is 18.4 Å². The van der Waals surface area contributed by atoms with Gasteiger partial charge in [0.15, 0.2) is 5.11 Å². The molecular weight excluding hydrogens is 326 g/mol. The summed E-state index contributed by atoms with van der Waals surface area (Å²) in [5, 5.41) is 9.07. The highest BCUT2D eigenvalue weighted by atomic mass is 32.1. The highest BCUT2D eigenvalue weighted by Crippen LogP contribution is 2.21. The topological polar surface area (TPSA) is 79.5 Å². The second-order valence-corrected chi connectivity index (χ2v) is 6.02. The molecule has 7 heteroatoms. The largest absolute Gasteiger partial charge is 0.469 e. The van der Waals surface area contributed by atoms with Crippen LogP contribution in [0.15, 0.2) is 12.1 Å². The average Bonchev–Trinajstić information content (AvgIpc) is 2.52. The molecular formula is C17H25N3O3S. The molecule has 6 nitrogen and oxygen atoms in total. The second-order valence-electron chi connectivity index (χ2n) is 5.61. The van der Waals surface area contributed by atoms with E-state index in [0.717, 1.165) is 16.8 Å². The number of ether oxygens (including phenoxy) is 1. The summed E-state index contributed by atoms with van der Waals surface area (Å²) >= 11 is 5.09. The number of amides is 1. The highest BCUT2D eigenvalue weighted by Gasteiger charge is 2.08. The van der Waals surface area contributed by atoms with Gasteiger partial charge in [-0.05, 0) is 50.5 Å². The van der Waals surface area contributed by atoms with Crippen LogP contribution in [0.5, 0.6) is 0 Å². The molecule has 0 bridgehead atoms. The number of aryl methyl sites for hydroxylation is 3. The molecule has 0 saturated heterocycles. The third kappa shape index (κ3) is 6.95. The third-order valence-electron chi connectivity index (χ3n) is 3.42. The Morgan fingerprint density at radius 2 is 1.75 bits per heavy atom. The van der Waals surface area contributed by atoms with Gasteiger partial charge < -0.3 is 20.7 Å². The number of benzene rings is 1. The van der Waals surface area contributed by atoms with Gasteiger partial charge in [0.1, 0.15) is 0 Å². The first kappa shape index (κ1) is 19.9. The van der Waals surface area contributed by atoms with Crippen LogP contribution in [0.2, 0.25) is 0 Å². The van der Waals surface area contributed by atoms with Crippen LogP contribution in [-0.4, -0.2) is 37.2 Å². The molecule has 0 fully saturated rings. The highest BCUT2D eigenvalue weighted by molar-refractivity contribution is 7.80. The van der Waals surface area contributed by atoms with Gasteiger partial charge in [-0.2, -0.15) is 0 Å². The fraction of sp³-hybridized carbons (Fsp3) is 0.471. The Morgan fingerprint density at radius 3 is 2.33 bits per heavy atom. The van der Waals surface area contributed by atoms with Crippen molar-refractivity contribution >= 4 is 34.9 Å². The fourth-order valence-electron chi connectivity index (χ4n) is 2.32. The average molecular weight is 351 g/mol. The van der Waals surface area contributed by atoms with Crippen LogP contribution in [0.3, 0.4) is 0 Å². The van der Waals surface area contributed by atoms with Crippen LogP contribution in [0, 0.1) is 20.8 Å². The van der Waals surface area contributed by atoms with Crippen molar-refractivity contribution in [2.24, 2.45) is 0 Å². The van der Waals surface area contributed by atoms with Crippen molar-refractivity contribution in [1.82, 2.24) is 10.6 Å². The van der Waals surface area contributed by atoms with Crippen molar-refractivity contribution in [1.29, 1.82) is 0 Å². The molecule has 132 valence electrons. The summed E-state index contributed by atoms with van der Waals surface area (Å²) in [6.45, 7) is 6.58. The summed E-state index contributed by atoms with van der Waals surface area (Å²) in [4.78, 5) is 23.0. The molecule has 0 radical (unpaired) electrons. The van der Waals surface area contributed by atoms with Crippen LogP contribution >= 0.6 is 12.2 Å². The first-order chi connectivity index (χ1) is 11.3. The summed E-state index contributed by atoms with van der Waals surface area (Å²) < 4.78 is 4.55. The molecule has 3 N–H and O–H groups in total. The molecule has 0 unspecified atom stereocenters. The Bertz CT molecular complexity index is 594. The SMILES string of the molecule is COC(=O)CCCNC(=S)NCC(=O)Nc1c(C)cc(C)cc1C. The summed E-state index contributed by atoms with van der Waals surface area (Å²) in [6.07, 6.45) is 0.945. The summed E-state index contributed by atoms with van der Waals surface area (Å²) in [6, 6.07) is 4.06. The number of thiocarbonyl (C=S) groups is 1. The Kier molecular flexibility index (Phi) is 8.18. The zero-order chi connectivity index (χ0) is 18.1. The molecule has 0 heterocycles. The van der Waals surface area contributed by atoms with Gasteiger partial charge in [-0.3, -0.25) is 9.59 Å². The lowest BCUT2D eigenvalue weighted by atomic mass is 10.1. The van der Waals surface area contributed by atoms with E-state index >= 15 is 0 Å². The molecule has 0 aliphatic carbocycles. The summed E-state index contributed by atoms with van der Waals surface area (Å²) in [5.74, 6) is -0.414. The lowest BCUT2D eigenvalue weighted by Gasteiger charge is -2.14. The van der Waals surface area contributed by atoms with Gasteiger partial charge in [0.25, 0.3) is 0 Å². The predicted octanol–water partition coefficient (Wildman–Crippen LogP) is 1.97. The van der Waals surface area contributed by atoms with Crippen LogP contribution in [0.4, 0.5) is 5.69 Å². The van der Waals surface area contributed by atoms with E-state index < -0.39 is 0 Å². The van der Waals surface area contributed by atoms with Crippen molar-refractivity contribution in [3.05, 3.63) is 28.8 Å². The van der Waals surface area contributed by atoms with E-state index in [2.05, 4.69) is 20.7 Å². The number of carbonyl (C=O) groups is 2. The maximum atomic E-state index is 12.0. The summed E-state index contributed by atoms with van der Waals surface area (Å²) in [7, 11) is 1.36. The van der Waals surface area contributed by atoms with Crippen LogP contribution in [0.25, 0.3) is 0 Å². The first-order valence-electron chi connectivity index (χ1n) is 7.79. The van der Waals surface area contributed by atoms with E-state index in [1.807, 2.05) is 32.9 Å². The van der Waals surface area contributed by atoms with Gasteiger partial charge in [0.2, 0.25) is 5.91 Å². The van der Waals surface area contributed by atoms with Crippen molar-refractivity contribution in [2.75, 3.05) is 25.5 Å². The zero-order valence-corrected chi connectivity index (χ0v) is 15.4. The Labute approximate surface area is 148 Å². The van der Waals surface area contributed by atoms with E-state index in [0.29, 0.717) is 24.5 Å². The number of methoxy groups -OCH3 is 1. The maximum Gasteiger partial charge on any atom is 0.305 e. The van der Waals surface area contributed by atoms with Gasteiger partial charge in [0.05, 0.1) is 13.7 Å². The van der Waals surface area contributed by atoms with Crippen molar-refractivity contribution in [3.8, 4) is 0 Å². The van der Waals surface area contributed by atoms with E-state index in [1.165, 1.54) is 12.7 Å². The van der Waals surface area contributed by atoms with Crippen molar-refractivity contribution in [2.45, 2.75) is 33.6 Å². The van der Waals surface area contributed by atoms with Crippen LogP contribution < -0.4 is 16.0 Å². The van der Waals surface area contributed by atoms with E-state index in [1.54, 1.807) is 0 Å². The molecule has 0 spiro atoms. The fourth-order valence-corrected chi connectivity index (χ4v) is 2.49. The van der Waals surface area contributed by atoms with Crippen molar-refractivity contribution < 1.29 is 14.3 Å². The molecule has 1 aromatic rings. The number of anilines is 1. The smallest absolute Gasteiger partial charge is 0.305 e. The van der Waals surface area contributed by atoms with Gasteiger partial charge >= 0.3 is 5.97 Å². The standard InChI is InChI=1S/C17H25N3O3S/c1-11-8-12(2)16(13(3)9-11)20-14(21)10-19-17(24)18-7-5-6-15(22)23-4/h8-9H,5-7,10H2,1-4H3,(H,20,21)(H2,18,19,24). The maximum absolute atomic E-state index is 12.0. The van der Waals surface area contributed by atoms with Gasteiger partial charge in [0, 0.05) is 18.7 Å². The number of hydrogen-bond acceptors (Lipinski definition) is 4. The molecule has 0 saturated carbocycles. The molecule has 1 amide bonds. The number of rotatable bonds is 7. The molecule has 24 heavy (non-hydrogen) atoms. The number of esters is 1. The van der Waals surface area contributed by atoms with E-state index in [9.17, 15) is 9.59 Å². The van der Waals surface area contributed by atoms with E-state index in [4.69, 9.17) is 12.2 Å². The molecule has 0 atom stereocenters. The van der Waals surface area contributed by atoms with Crippen molar-refractivity contribution in [3.63, 3.8) is 0 Å². The number of hydrogen-bond donors (Lipinski definition) is 3. The third-order valence-corrected chi connectivity index (χ3v) is 3.71. The molecule has 0 aliphatic heterocycles.